The molecule has 0 N–H and O–H groups in total. The summed E-state index contributed by atoms with van der Waals surface area (Å²) in [5.74, 6) is 1.76. The van der Waals surface area contributed by atoms with Gasteiger partial charge >= 0.3 is 0 Å². The maximum absolute atomic E-state index is 2.45. The van der Waals surface area contributed by atoms with E-state index in [1.165, 1.54) is 51.4 Å². The average Bonchev–Trinajstić information content (AvgIpc) is 2.24. The van der Waals surface area contributed by atoms with Crippen LogP contribution in [0.3, 0.4) is 0 Å². The van der Waals surface area contributed by atoms with E-state index >= 15 is 0 Å². The fraction of sp³-hybridized carbons (Fsp3) is 1.00. The smallest absolute Gasteiger partial charge is 0.0669 e. The Balaban J connectivity index is 3.58. The molecule has 0 radical (unpaired) electrons. The monoisotopic (exact) mass is 238 g/mol. The predicted molar refractivity (Wildman–Crippen MR) is 83.5 cm³/mol. The Bertz CT molecular complexity index is 172. The molecule has 0 aromatic heterocycles. The summed E-state index contributed by atoms with van der Waals surface area (Å²) in [5.41, 5.74) is 0. The van der Waals surface area contributed by atoms with Crippen molar-refractivity contribution in [3.63, 3.8) is 0 Å². The molecule has 0 saturated heterocycles. The van der Waals surface area contributed by atoms with Gasteiger partial charge in [-0.2, -0.15) is 0 Å². The second-order valence-corrected chi connectivity index (χ2v) is 7.09. The van der Waals surface area contributed by atoms with Gasteiger partial charge in [-0.25, -0.2) is 0 Å². The second kappa shape index (κ2) is 9.06. The van der Waals surface area contributed by atoms with E-state index in [9.17, 15) is 0 Å². The Labute approximate surface area is 111 Å². The van der Waals surface area contributed by atoms with Crippen LogP contribution in [0.25, 0.3) is 0 Å². The fourth-order valence-corrected chi connectivity index (χ4v) is 2.38. The average molecular weight is 238 g/mol. The van der Waals surface area contributed by atoms with Gasteiger partial charge in [0.2, 0.25) is 0 Å². The minimum atomic E-state index is 0.580. The van der Waals surface area contributed by atoms with E-state index in [1.54, 1.807) is 0 Å². The lowest BCUT2D eigenvalue weighted by atomic mass is 9.64. The lowest BCUT2D eigenvalue weighted by Crippen LogP contribution is -2.09. The Morgan fingerprint density at radius 1 is 0.941 bits per heavy atom. The van der Waals surface area contributed by atoms with Crippen molar-refractivity contribution < 1.29 is 0 Å². The van der Waals surface area contributed by atoms with Gasteiger partial charge in [0.05, 0.1) is 0 Å². The van der Waals surface area contributed by atoms with Gasteiger partial charge in [-0.15, -0.1) is 0 Å². The summed E-state index contributed by atoms with van der Waals surface area (Å²) in [4.78, 5) is 0. The highest BCUT2D eigenvalue weighted by atomic mass is 14.2. The molecular formula is C16H35B. The zero-order chi connectivity index (χ0) is 13.3. The summed E-state index contributed by atoms with van der Waals surface area (Å²) in [6.45, 7) is 11.8. The molecule has 0 bridgehead atoms. The van der Waals surface area contributed by atoms with Gasteiger partial charge in [0.15, 0.2) is 0 Å². The molecule has 0 aliphatic heterocycles. The van der Waals surface area contributed by atoms with Gasteiger partial charge in [0.25, 0.3) is 0 Å². The molecule has 0 rings (SSSR count). The van der Waals surface area contributed by atoms with E-state index in [1.807, 2.05) is 0 Å². The van der Waals surface area contributed by atoms with Crippen molar-refractivity contribution in [2.45, 2.75) is 91.3 Å². The molecule has 1 heteroatoms. The van der Waals surface area contributed by atoms with E-state index in [0.717, 1.165) is 11.8 Å². The maximum Gasteiger partial charge on any atom is 0.109 e. The SMILES string of the molecule is BC(C)(CCCCC)CCCCC(C)C(C)C. The zero-order valence-corrected chi connectivity index (χ0v) is 13.3. The molecule has 0 amide bonds. The van der Waals surface area contributed by atoms with E-state index in [2.05, 4.69) is 42.5 Å². The van der Waals surface area contributed by atoms with Crippen LogP contribution >= 0.6 is 0 Å². The van der Waals surface area contributed by atoms with Crippen LogP contribution in [0, 0.1) is 11.8 Å². The van der Waals surface area contributed by atoms with Crippen LogP contribution in [-0.2, 0) is 0 Å². The molecule has 0 spiro atoms. The second-order valence-electron chi connectivity index (χ2n) is 7.09. The van der Waals surface area contributed by atoms with Crippen LogP contribution in [0.15, 0.2) is 0 Å². The van der Waals surface area contributed by atoms with Crippen LogP contribution in [0.2, 0.25) is 5.31 Å². The summed E-state index contributed by atoms with van der Waals surface area (Å²) in [5, 5.41) is 0.580. The third kappa shape index (κ3) is 9.74. The van der Waals surface area contributed by atoms with Gasteiger partial charge in [0.1, 0.15) is 7.85 Å². The molecule has 0 aliphatic rings. The lowest BCUT2D eigenvalue weighted by molar-refractivity contribution is 0.366. The Morgan fingerprint density at radius 3 is 1.94 bits per heavy atom. The Kier molecular flexibility index (Phi) is 9.09. The van der Waals surface area contributed by atoms with Crippen LogP contribution in [0.1, 0.15) is 86.0 Å². The van der Waals surface area contributed by atoms with Crippen LogP contribution in [0.5, 0.6) is 0 Å². The summed E-state index contributed by atoms with van der Waals surface area (Å²) < 4.78 is 0. The fourth-order valence-electron chi connectivity index (χ4n) is 2.38. The van der Waals surface area contributed by atoms with Crippen LogP contribution in [-0.4, -0.2) is 7.85 Å². The van der Waals surface area contributed by atoms with Crippen molar-refractivity contribution in [1.82, 2.24) is 0 Å². The van der Waals surface area contributed by atoms with Gasteiger partial charge in [0, 0.05) is 0 Å². The first-order chi connectivity index (χ1) is 7.89. The number of unbranched alkanes of at least 4 members (excludes halogenated alkanes) is 3. The van der Waals surface area contributed by atoms with Gasteiger partial charge in [-0.05, 0) is 11.8 Å². The van der Waals surface area contributed by atoms with Crippen LogP contribution in [0.4, 0.5) is 0 Å². The van der Waals surface area contributed by atoms with Gasteiger partial charge in [-0.3, -0.25) is 0 Å². The maximum atomic E-state index is 2.45. The third-order valence-electron chi connectivity index (χ3n) is 4.36. The molecule has 0 aromatic rings. The van der Waals surface area contributed by atoms with Crippen LogP contribution < -0.4 is 0 Å². The Hall–Kier alpha value is 0.0649. The van der Waals surface area contributed by atoms with E-state index in [-0.39, 0.29) is 0 Å². The molecule has 0 aliphatic carbocycles. The highest BCUT2D eigenvalue weighted by Crippen LogP contribution is 2.34. The molecule has 0 nitrogen and oxygen atoms in total. The highest BCUT2D eigenvalue weighted by Gasteiger charge is 2.17. The van der Waals surface area contributed by atoms with Crippen molar-refractivity contribution in [2.75, 3.05) is 0 Å². The summed E-state index contributed by atoms with van der Waals surface area (Å²) in [6, 6.07) is 0. The summed E-state index contributed by atoms with van der Waals surface area (Å²) >= 11 is 0. The van der Waals surface area contributed by atoms with E-state index < -0.39 is 0 Å². The molecule has 17 heavy (non-hydrogen) atoms. The number of hydrogen-bond donors (Lipinski definition) is 0. The minimum absolute atomic E-state index is 0.580. The van der Waals surface area contributed by atoms with Gasteiger partial charge < -0.3 is 0 Å². The molecule has 2 unspecified atom stereocenters. The van der Waals surface area contributed by atoms with Crippen molar-refractivity contribution in [3.05, 3.63) is 0 Å². The largest absolute Gasteiger partial charge is 0.109 e. The molecule has 0 heterocycles. The molecule has 0 aromatic carbocycles. The third-order valence-corrected chi connectivity index (χ3v) is 4.36. The first-order valence-electron chi connectivity index (χ1n) is 7.89. The Morgan fingerprint density at radius 2 is 1.47 bits per heavy atom. The normalized spacial score (nSPS) is 17.1. The molecular weight excluding hydrogens is 203 g/mol. The molecule has 0 fully saturated rings. The number of rotatable bonds is 10. The predicted octanol–water partition coefficient (Wildman–Crippen LogP) is 5.23. The molecule has 2 atom stereocenters. The van der Waals surface area contributed by atoms with Crippen molar-refractivity contribution in [1.29, 1.82) is 0 Å². The topological polar surface area (TPSA) is 0 Å². The van der Waals surface area contributed by atoms with E-state index in [0.29, 0.717) is 5.31 Å². The first kappa shape index (κ1) is 17.1. The van der Waals surface area contributed by atoms with Gasteiger partial charge in [-0.1, -0.05) is 91.3 Å². The molecule has 102 valence electrons. The van der Waals surface area contributed by atoms with E-state index in [4.69, 9.17) is 0 Å². The van der Waals surface area contributed by atoms with Crippen molar-refractivity contribution in [3.8, 4) is 0 Å². The quantitative estimate of drug-likeness (QED) is 0.361. The lowest BCUT2D eigenvalue weighted by Gasteiger charge is -2.25. The molecule has 0 saturated carbocycles. The van der Waals surface area contributed by atoms with Crippen molar-refractivity contribution >= 4 is 7.85 Å². The zero-order valence-electron chi connectivity index (χ0n) is 13.3. The summed E-state index contributed by atoms with van der Waals surface area (Å²) in [7, 11) is 2.45. The van der Waals surface area contributed by atoms with Crippen molar-refractivity contribution in [2.24, 2.45) is 11.8 Å². The summed E-state index contributed by atoms with van der Waals surface area (Å²) in [6.07, 6.45) is 11.3. The number of hydrogen-bond acceptors (Lipinski definition) is 0. The highest BCUT2D eigenvalue weighted by molar-refractivity contribution is 6.14. The standard InChI is InChI=1S/C16H35B/c1-6-7-9-12-16(5,17)13-10-8-11-15(4)14(2)3/h14-15H,6-13,17H2,1-5H3. The minimum Gasteiger partial charge on any atom is -0.0669 e. The first-order valence-corrected chi connectivity index (χ1v) is 7.89.